The van der Waals surface area contributed by atoms with Crippen molar-refractivity contribution < 1.29 is 13.6 Å². The van der Waals surface area contributed by atoms with E-state index in [1.54, 1.807) is 12.1 Å². The minimum Gasteiger partial charge on any atom is -0.444 e. The van der Waals surface area contributed by atoms with Crippen LogP contribution in [-0.2, 0) is 0 Å². The Labute approximate surface area is 147 Å². The summed E-state index contributed by atoms with van der Waals surface area (Å²) in [5.41, 5.74) is 1.63. The van der Waals surface area contributed by atoms with E-state index in [0.717, 1.165) is 30.5 Å². The van der Waals surface area contributed by atoms with Crippen LogP contribution in [0.4, 0.5) is 6.01 Å². The molecular weight excluding hydrogens is 374 g/mol. The number of furan rings is 1. The van der Waals surface area contributed by atoms with E-state index in [9.17, 15) is 4.79 Å². The number of para-hydroxylation sites is 2. The van der Waals surface area contributed by atoms with Crippen LogP contribution in [0.5, 0.6) is 0 Å². The number of anilines is 1. The van der Waals surface area contributed by atoms with E-state index in [0.29, 0.717) is 23.0 Å². The first-order chi connectivity index (χ1) is 11.7. The van der Waals surface area contributed by atoms with Gasteiger partial charge in [-0.2, -0.15) is 4.98 Å². The first-order valence-electron chi connectivity index (χ1n) is 7.86. The molecule has 0 saturated carbocycles. The van der Waals surface area contributed by atoms with E-state index in [1.165, 1.54) is 0 Å². The Kier molecular flexibility index (Phi) is 4.02. The molecule has 2 aromatic heterocycles. The molecule has 7 heteroatoms. The number of hydrogen-bond donors (Lipinski definition) is 1. The Hall–Kier alpha value is -2.28. The topological polar surface area (TPSA) is 71.5 Å². The van der Waals surface area contributed by atoms with Gasteiger partial charge in [-0.3, -0.25) is 4.79 Å². The quantitative estimate of drug-likeness (QED) is 0.738. The maximum absolute atomic E-state index is 12.1. The standard InChI is InChI=1S/C17H16BrN3O3/c18-15-8-7-14(23-15)16(22)19-10-11-4-3-9-21(11)17-20-12-5-1-2-6-13(12)24-17/h1-2,5-8,11H,3-4,9-10H2,(H,19,22). The van der Waals surface area contributed by atoms with Crippen molar-refractivity contribution in [3.8, 4) is 0 Å². The summed E-state index contributed by atoms with van der Waals surface area (Å²) in [6.45, 7) is 1.40. The number of carbonyl (C=O) groups is 1. The van der Waals surface area contributed by atoms with E-state index < -0.39 is 0 Å². The Bertz CT molecular complexity index is 840. The molecule has 24 heavy (non-hydrogen) atoms. The van der Waals surface area contributed by atoms with Gasteiger partial charge in [-0.1, -0.05) is 12.1 Å². The molecule has 1 aliphatic heterocycles. The molecule has 4 rings (SSSR count). The lowest BCUT2D eigenvalue weighted by Crippen LogP contribution is -2.40. The van der Waals surface area contributed by atoms with Crippen molar-refractivity contribution in [2.75, 3.05) is 18.0 Å². The first-order valence-corrected chi connectivity index (χ1v) is 8.66. The number of nitrogens with zero attached hydrogens (tertiary/aromatic N) is 2. The molecule has 6 nitrogen and oxygen atoms in total. The zero-order valence-electron chi connectivity index (χ0n) is 12.9. The first kappa shape index (κ1) is 15.3. The molecule has 1 unspecified atom stereocenters. The molecule has 0 aliphatic carbocycles. The van der Waals surface area contributed by atoms with Gasteiger partial charge in [0, 0.05) is 13.1 Å². The molecular formula is C17H16BrN3O3. The molecule has 3 aromatic rings. The SMILES string of the molecule is O=C(NCC1CCCN1c1nc2ccccc2o1)c1ccc(Br)o1. The fourth-order valence-corrected chi connectivity index (χ4v) is 3.32. The third kappa shape index (κ3) is 2.91. The Morgan fingerprint density at radius 3 is 2.96 bits per heavy atom. The minimum absolute atomic E-state index is 0.167. The van der Waals surface area contributed by atoms with Crippen LogP contribution in [0.2, 0.25) is 0 Å². The molecule has 1 N–H and O–H groups in total. The smallest absolute Gasteiger partial charge is 0.298 e. The molecule has 3 heterocycles. The van der Waals surface area contributed by atoms with Crippen LogP contribution < -0.4 is 10.2 Å². The van der Waals surface area contributed by atoms with E-state index in [4.69, 9.17) is 8.83 Å². The third-order valence-corrected chi connectivity index (χ3v) is 4.63. The Morgan fingerprint density at radius 2 is 2.17 bits per heavy atom. The molecule has 1 aliphatic rings. The fourth-order valence-electron chi connectivity index (χ4n) is 3.02. The predicted octanol–water partition coefficient (Wildman–Crippen LogP) is 3.58. The summed E-state index contributed by atoms with van der Waals surface area (Å²) in [6, 6.07) is 11.9. The van der Waals surface area contributed by atoms with Crippen LogP contribution in [0.15, 0.2) is 49.9 Å². The van der Waals surface area contributed by atoms with Crippen molar-refractivity contribution in [3.05, 3.63) is 46.8 Å². The van der Waals surface area contributed by atoms with E-state index in [1.807, 2.05) is 24.3 Å². The van der Waals surface area contributed by atoms with Crippen LogP contribution in [0.1, 0.15) is 23.4 Å². The zero-order chi connectivity index (χ0) is 16.5. The summed E-state index contributed by atoms with van der Waals surface area (Å²) >= 11 is 3.20. The van der Waals surface area contributed by atoms with Gasteiger partial charge >= 0.3 is 0 Å². The number of hydrogen-bond acceptors (Lipinski definition) is 5. The highest BCUT2D eigenvalue weighted by molar-refractivity contribution is 9.10. The number of halogens is 1. The van der Waals surface area contributed by atoms with Crippen LogP contribution in [0.25, 0.3) is 11.1 Å². The average molecular weight is 390 g/mol. The molecule has 1 amide bonds. The van der Waals surface area contributed by atoms with Crippen molar-refractivity contribution in [2.45, 2.75) is 18.9 Å². The molecule has 1 fully saturated rings. The van der Waals surface area contributed by atoms with Gasteiger partial charge in [-0.15, -0.1) is 0 Å². The van der Waals surface area contributed by atoms with Crippen molar-refractivity contribution in [1.82, 2.24) is 10.3 Å². The number of fused-ring (bicyclic) bond motifs is 1. The lowest BCUT2D eigenvalue weighted by molar-refractivity contribution is 0.0922. The Morgan fingerprint density at radius 1 is 1.29 bits per heavy atom. The molecule has 1 aromatic carbocycles. The number of carbonyl (C=O) groups excluding carboxylic acids is 1. The third-order valence-electron chi connectivity index (χ3n) is 4.20. The monoisotopic (exact) mass is 389 g/mol. The highest BCUT2D eigenvalue weighted by atomic mass is 79.9. The normalized spacial score (nSPS) is 17.5. The van der Waals surface area contributed by atoms with Crippen LogP contribution in [0.3, 0.4) is 0 Å². The maximum atomic E-state index is 12.1. The van der Waals surface area contributed by atoms with Gasteiger partial charge in [0.2, 0.25) is 0 Å². The summed E-state index contributed by atoms with van der Waals surface area (Å²) in [5.74, 6) is 0.0819. The van der Waals surface area contributed by atoms with E-state index >= 15 is 0 Å². The number of aromatic nitrogens is 1. The number of nitrogens with one attached hydrogen (secondary N) is 1. The highest BCUT2D eigenvalue weighted by Gasteiger charge is 2.29. The fraction of sp³-hybridized carbons (Fsp3) is 0.294. The summed E-state index contributed by atoms with van der Waals surface area (Å²) in [4.78, 5) is 18.8. The van der Waals surface area contributed by atoms with Crippen LogP contribution in [0, 0.1) is 0 Å². The van der Waals surface area contributed by atoms with Gasteiger partial charge in [0.05, 0.1) is 6.04 Å². The zero-order valence-corrected chi connectivity index (χ0v) is 14.5. The van der Waals surface area contributed by atoms with Crippen molar-refractivity contribution >= 4 is 39.0 Å². The molecule has 0 spiro atoms. The second-order valence-corrected chi connectivity index (χ2v) is 6.55. The molecule has 1 saturated heterocycles. The summed E-state index contributed by atoms with van der Waals surface area (Å²) in [7, 11) is 0. The average Bonchev–Trinajstić information content (AvgIpc) is 3.30. The van der Waals surface area contributed by atoms with Gasteiger partial charge < -0.3 is 19.1 Å². The van der Waals surface area contributed by atoms with Crippen molar-refractivity contribution in [2.24, 2.45) is 0 Å². The maximum Gasteiger partial charge on any atom is 0.298 e. The highest BCUT2D eigenvalue weighted by Crippen LogP contribution is 2.28. The van der Waals surface area contributed by atoms with Crippen LogP contribution >= 0.6 is 15.9 Å². The predicted molar refractivity (Wildman–Crippen MR) is 93.1 cm³/mol. The molecule has 1 atom stereocenters. The molecule has 0 radical (unpaired) electrons. The lowest BCUT2D eigenvalue weighted by atomic mass is 10.2. The number of amides is 1. The van der Waals surface area contributed by atoms with E-state index in [-0.39, 0.29) is 11.9 Å². The number of rotatable bonds is 4. The van der Waals surface area contributed by atoms with Gasteiger partial charge in [-0.25, -0.2) is 0 Å². The van der Waals surface area contributed by atoms with Gasteiger partial charge in [-0.05, 0) is 53.0 Å². The second kappa shape index (κ2) is 6.32. The minimum atomic E-state index is -0.217. The molecule has 124 valence electrons. The number of oxazole rings is 1. The summed E-state index contributed by atoms with van der Waals surface area (Å²) in [6.07, 6.45) is 2.03. The second-order valence-electron chi connectivity index (χ2n) is 5.77. The van der Waals surface area contributed by atoms with Crippen LogP contribution in [-0.4, -0.2) is 30.0 Å². The van der Waals surface area contributed by atoms with E-state index in [2.05, 4.69) is 31.1 Å². The van der Waals surface area contributed by atoms with Crippen molar-refractivity contribution in [3.63, 3.8) is 0 Å². The van der Waals surface area contributed by atoms with Gasteiger partial charge in [0.1, 0.15) is 5.52 Å². The van der Waals surface area contributed by atoms with Crippen molar-refractivity contribution in [1.29, 1.82) is 0 Å². The van der Waals surface area contributed by atoms with Gasteiger partial charge in [0.25, 0.3) is 11.9 Å². The number of benzene rings is 1. The summed E-state index contributed by atoms with van der Waals surface area (Å²) < 4.78 is 11.7. The Balaban J connectivity index is 1.45. The summed E-state index contributed by atoms with van der Waals surface area (Å²) in [5, 5.41) is 2.92. The molecule has 0 bridgehead atoms. The lowest BCUT2D eigenvalue weighted by Gasteiger charge is -2.22. The largest absolute Gasteiger partial charge is 0.444 e. The van der Waals surface area contributed by atoms with Gasteiger partial charge in [0.15, 0.2) is 16.0 Å².